The lowest BCUT2D eigenvalue weighted by Gasteiger charge is -2.09. The van der Waals surface area contributed by atoms with Crippen molar-refractivity contribution in [1.29, 1.82) is 5.26 Å². The molecule has 0 heterocycles. The van der Waals surface area contributed by atoms with Crippen molar-refractivity contribution in [1.82, 2.24) is 0 Å². The van der Waals surface area contributed by atoms with Crippen LogP contribution in [0.3, 0.4) is 0 Å². The number of halogens is 2. The van der Waals surface area contributed by atoms with Gasteiger partial charge in [-0.2, -0.15) is 5.26 Å². The molecule has 0 aliphatic heterocycles. The molecule has 0 bridgehead atoms. The Morgan fingerprint density at radius 3 is 2.43 bits per heavy atom. The summed E-state index contributed by atoms with van der Waals surface area (Å²) in [6.45, 7) is 0. The second-order valence-electron chi connectivity index (χ2n) is 4.29. The summed E-state index contributed by atoms with van der Waals surface area (Å²) in [4.78, 5) is 0. The second kappa shape index (κ2) is 6.12. The summed E-state index contributed by atoms with van der Waals surface area (Å²) in [5, 5.41) is 8.86. The zero-order chi connectivity index (χ0) is 15.5. The Kier molecular flexibility index (Phi) is 4.46. The van der Waals surface area contributed by atoms with Crippen LogP contribution in [0.15, 0.2) is 42.5 Å². The Balaban J connectivity index is 2.16. The summed E-state index contributed by atoms with van der Waals surface area (Å²) >= 11 is 5.60. The summed E-state index contributed by atoms with van der Waals surface area (Å²) in [6, 6.07) is 11.7. The van der Waals surface area contributed by atoms with Gasteiger partial charge in [0.2, 0.25) is 10.0 Å². The molecule has 0 aliphatic carbocycles. The molecule has 0 aliphatic rings. The third-order valence-electron chi connectivity index (χ3n) is 2.64. The molecule has 0 unspecified atom stereocenters. The lowest BCUT2D eigenvalue weighted by Crippen LogP contribution is -2.16. The van der Waals surface area contributed by atoms with Gasteiger partial charge in [0.25, 0.3) is 0 Å². The topological polar surface area (TPSA) is 70.0 Å². The molecule has 7 heteroatoms. The predicted octanol–water partition coefficient (Wildman–Crippen LogP) is 3.29. The zero-order valence-electron chi connectivity index (χ0n) is 10.7. The van der Waals surface area contributed by atoms with Crippen molar-refractivity contribution >= 4 is 27.3 Å². The largest absolute Gasteiger partial charge is 0.280 e. The van der Waals surface area contributed by atoms with E-state index in [4.69, 9.17) is 16.9 Å². The monoisotopic (exact) mass is 324 g/mol. The van der Waals surface area contributed by atoms with Crippen LogP contribution < -0.4 is 4.72 Å². The van der Waals surface area contributed by atoms with Gasteiger partial charge in [-0.25, -0.2) is 12.8 Å². The molecule has 0 spiro atoms. The van der Waals surface area contributed by atoms with E-state index >= 15 is 0 Å². The van der Waals surface area contributed by atoms with E-state index in [0.717, 1.165) is 6.07 Å². The second-order valence-corrected chi connectivity index (χ2v) is 6.45. The Hall–Kier alpha value is -2.10. The van der Waals surface area contributed by atoms with Crippen molar-refractivity contribution in [3.8, 4) is 6.07 Å². The van der Waals surface area contributed by atoms with Crippen LogP contribution in [0.5, 0.6) is 0 Å². The number of hydrogen-bond acceptors (Lipinski definition) is 3. The van der Waals surface area contributed by atoms with Crippen molar-refractivity contribution in [2.75, 3.05) is 4.72 Å². The zero-order valence-corrected chi connectivity index (χ0v) is 12.2. The number of hydrogen-bond donors (Lipinski definition) is 1. The Bertz CT molecular complexity index is 799. The molecule has 2 rings (SSSR count). The van der Waals surface area contributed by atoms with E-state index in [1.807, 2.05) is 6.07 Å². The van der Waals surface area contributed by atoms with E-state index in [0.29, 0.717) is 11.1 Å². The van der Waals surface area contributed by atoms with Crippen LogP contribution in [0.25, 0.3) is 0 Å². The van der Waals surface area contributed by atoms with Crippen molar-refractivity contribution in [3.63, 3.8) is 0 Å². The highest BCUT2D eigenvalue weighted by Crippen LogP contribution is 2.21. The van der Waals surface area contributed by atoms with Crippen molar-refractivity contribution < 1.29 is 12.8 Å². The number of nitriles is 1. The standard InChI is InChI=1S/C14H10ClFN2O2S/c15-12-5-6-14(13(16)7-12)18-21(19,20)9-11-3-1-10(8-17)2-4-11/h1-7,18H,9H2. The van der Waals surface area contributed by atoms with E-state index in [-0.39, 0.29) is 16.5 Å². The lowest BCUT2D eigenvalue weighted by molar-refractivity contribution is 0.598. The summed E-state index contributed by atoms with van der Waals surface area (Å²) in [5.74, 6) is -1.06. The first-order chi connectivity index (χ1) is 9.89. The van der Waals surface area contributed by atoms with Crippen LogP contribution >= 0.6 is 11.6 Å². The SMILES string of the molecule is N#Cc1ccc(CS(=O)(=O)Nc2ccc(Cl)cc2F)cc1. The average molecular weight is 325 g/mol. The van der Waals surface area contributed by atoms with Gasteiger partial charge in [-0.15, -0.1) is 0 Å². The van der Waals surface area contributed by atoms with Crippen molar-refractivity contribution in [2.45, 2.75) is 5.75 Å². The minimum atomic E-state index is -3.76. The maximum atomic E-state index is 13.6. The quantitative estimate of drug-likeness (QED) is 0.938. The Morgan fingerprint density at radius 2 is 1.86 bits per heavy atom. The van der Waals surface area contributed by atoms with Crippen LogP contribution in [-0.4, -0.2) is 8.42 Å². The first-order valence-corrected chi connectivity index (χ1v) is 7.87. The minimum absolute atomic E-state index is 0.159. The highest BCUT2D eigenvalue weighted by atomic mass is 35.5. The van der Waals surface area contributed by atoms with Crippen LogP contribution in [0.2, 0.25) is 5.02 Å². The number of rotatable bonds is 4. The molecule has 1 N–H and O–H groups in total. The molecule has 0 saturated carbocycles. The van der Waals surface area contributed by atoms with Gasteiger partial charge in [-0.3, -0.25) is 4.72 Å². The smallest absolute Gasteiger partial charge is 0.237 e. The maximum Gasteiger partial charge on any atom is 0.237 e. The summed E-state index contributed by atoms with van der Waals surface area (Å²) in [7, 11) is -3.76. The van der Waals surface area contributed by atoms with Crippen LogP contribution in [-0.2, 0) is 15.8 Å². The summed E-state index contributed by atoms with van der Waals surface area (Å²) in [6.07, 6.45) is 0. The first kappa shape index (κ1) is 15.3. The highest BCUT2D eigenvalue weighted by molar-refractivity contribution is 7.91. The first-order valence-electron chi connectivity index (χ1n) is 5.84. The molecule has 0 saturated heterocycles. The van der Waals surface area contributed by atoms with Gasteiger partial charge in [0, 0.05) is 5.02 Å². The summed E-state index contributed by atoms with van der Waals surface area (Å²) < 4.78 is 39.7. The number of nitrogens with zero attached hydrogens (tertiary/aromatic N) is 1. The maximum absolute atomic E-state index is 13.6. The number of anilines is 1. The molecule has 0 aromatic heterocycles. The van der Waals surface area contributed by atoms with Gasteiger partial charge < -0.3 is 0 Å². The molecule has 0 atom stereocenters. The van der Waals surface area contributed by atoms with E-state index in [1.165, 1.54) is 36.4 Å². The molecule has 108 valence electrons. The molecule has 0 radical (unpaired) electrons. The normalized spacial score (nSPS) is 10.9. The van der Waals surface area contributed by atoms with E-state index in [2.05, 4.69) is 4.72 Å². The molecule has 2 aromatic carbocycles. The highest BCUT2D eigenvalue weighted by Gasteiger charge is 2.14. The lowest BCUT2D eigenvalue weighted by atomic mass is 10.2. The van der Waals surface area contributed by atoms with Crippen molar-refractivity contribution in [2.24, 2.45) is 0 Å². The summed E-state index contributed by atoms with van der Waals surface area (Å²) in [5.41, 5.74) is 0.775. The fourth-order valence-electron chi connectivity index (χ4n) is 1.67. The van der Waals surface area contributed by atoms with Crippen LogP contribution in [0.1, 0.15) is 11.1 Å². The number of nitrogens with one attached hydrogen (secondary N) is 1. The molecule has 0 amide bonds. The fraction of sp³-hybridized carbons (Fsp3) is 0.0714. The molecule has 0 fully saturated rings. The van der Waals surface area contributed by atoms with Gasteiger partial charge in [0.1, 0.15) is 5.82 Å². The molecular formula is C14H10ClFN2O2S. The van der Waals surface area contributed by atoms with E-state index in [1.54, 1.807) is 0 Å². The van der Waals surface area contributed by atoms with Gasteiger partial charge in [0.15, 0.2) is 0 Å². The fourth-order valence-corrected chi connectivity index (χ4v) is 3.03. The molecular weight excluding hydrogens is 315 g/mol. The van der Waals surface area contributed by atoms with Gasteiger partial charge in [0.05, 0.1) is 23.1 Å². The van der Waals surface area contributed by atoms with Gasteiger partial charge >= 0.3 is 0 Å². The Morgan fingerprint density at radius 1 is 1.19 bits per heavy atom. The van der Waals surface area contributed by atoms with Gasteiger partial charge in [-0.05, 0) is 35.9 Å². The minimum Gasteiger partial charge on any atom is -0.280 e. The van der Waals surface area contributed by atoms with E-state index in [9.17, 15) is 12.8 Å². The van der Waals surface area contributed by atoms with Crippen LogP contribution in [0.4, 0.5) is 10.1 Å². The predicted molar refractivity (Wildman–Crippen MR) is 78.8 cm³/mol. The number of benzene rings is 2. The van der Waals surface area contributed by atoms with Crippen LogP contribution in [0, 0.1) is 17.1 Å². The third-order valence-corrected chi connectivity index (χ3v) is 4.12. The number of sulfonamides is 1. The molecule has 2 aromatic rings. The average Bonchev–Trinajstić information content (AvgIpc) is 2.42. The Labute approximate surface area is 126 Å². The molecule has 21 heavy (non-hydrogen) atoms. The third kappa shape index (κ3) is 4.18. The molecule has 4 nitrogen and oxygen atoms in total. The van der Waals surface area contributed by atoms with Gasteiger partial charge in [-0.1, -0.05) is 23.7 Å². The van der Waals surface area contributed by atoms with E-state index < -0.39 is 15.8 Å². The van der Waals surface area contributed by atoms with Crippen molar-refractivity contribution in [3.05, 3.63) is 64.4 Å².